The zero-order valence-corrected chi connectivity index (χ0v) is 9.67. The molecule has 3 N–H and O–H groups in total. The molecule has 0 aliphatic heterocycles. The van der Waals surface area contributed by atoms with E-state index < -0.39 is 52.3 Å². The summed E-state index contributed by atoms with van der Waals surface area (Å²) in [6.45, 7) is -0.966. The third-order valence-electron chi connectivity index (χ3n) is 2.26. The Morgan fingerprint density at radius 1 is 1.35 bits per heavy atom. The summed E-state index contributed by atoms with van der Waals surface area (Å²) < 4.78 is 26.4. The second-order valence-electron chi connectivity index (χ2n) is 3.59. The van der Waals surface area contributed by atoms with E-state index in [4.69, 9.17) is 10.2 Å². The molecule has 0 heterocycles. The number of nitro groups is 1. The van der Waals surface area contributed by atoms with Gasteiger partial charge in [0.2, 0.25) is 5.82 Å². The van der Waals surface area contributed by atoms with Crippen molar-refractivity contribution >= 4 is 17.6 Å². The van der Waals surface area contributed by atoms with Gasteiger partial charge in [0, 0.05) is 12.1 Å². The highest BCUT2D eigenvalue weighted by Gasteiger charge is 2.25. The number of nitro benzene ring substituents is 1. The number of nitrogens with zero attached hydrogens (tertiary/aromatic N) is 1. The topological polar surface area (TPSA) is 130 Å². The predicted molar refractivity (Wildman–Crippen MR) is 59.0 cm³/mol. The molecule has 0 saturated carbocycles. The first-order chi connectivity index (χ1) is 9.27. The molecule has 0 fully saturated rings. The number of rotatable bonds is 5. The normalized spacial score (nSPS) is 11.8. The van der Waals surface area contributed by atoms with Crippen molar-refractivity contribution in [3.63, 3.8) is 0 Å². The van der Waals surface area contributed by atoms with Crippen LogP contribution >= 0.6 is 0 Å². The Kier molecular flexibility index (Phi) is 4.64. The van der Waals surface area contributed by atoms with E-state index in [0.717, 1.165) is 0 Å². The number of carbonyl (C=O) groups excluding carboxylic acids is 1. The molecule has 20 heavy (non-hydrogen) atoms. The van der Waals surface area contributed by atoms with Crippen LogP contribution in [0.25, 0.3) is 0 Å². The average molecular weight is 290 g/mol. The van der Waals surface area contributed by atoms with Crippen LogP contribution in [0.4, 0.5) is 14.5 Å². The number of aliphatic hydroxyl groups is 1. The number of carboxylic acid groups (broad SMARTS) is 1. The van der Waals surface area contributed by atoms with Crippen molar-refractivity contribution in [2.45, 2.75) is 6.04 Å². The molecular formula is C10H8F2N2O6. The molecule has 1 aromatic carbocycles. The first-order valence-electron chi connectivity index (χ1n) is 5.06. The van der Waals surface area contributed by atoms with Gasteiger partial charge in [0.05, 0.1) is 17.1 Å². The van der Waals surface area contributed by atoms with E-state index in [-0.39, 0.29) is 6.07 Å². The van der Waals surface area contributed by atoms with E-state index in [2.05, 4.69) is 0 Å². The molecule has 0 saturated heterocycles. The number of nitrogens with one attached hydrogen (secondary N) is 1. The van der Waals surface area contributed by atoms with Gasteiger partial charge >= 0.3 is 11.7 Å². The van der Waals surface area contributed by atoms with Crippen molar-refractivity contribution in [1.29, 1.82) is 0 Å². The van der Waals surface area contributed by atoms with Crippen LogP contribution in [0.2, 0.25) is 0 Å². The van der Waals surface area contributed by atoms with Crippen molar-refractivity contribution in [2.75, 3.05) is 6.61 Å². The molecule has 1 atom stereocenters. The maximum atomic E-state index is 13.4. The van der Waals surface area contributed by atoms with Crippen LogP contribution in [0.1, 0.15) is 10.4 Å². The third kappa shape index (κ3) is 3.23. The van der Waals surface area contributed by atoms with Crippen LogP contribution in [-0.4, -0.2) is 39.7 Å². The molecule has 0 aliphatic carbocycles. The Hall–Kier alpha value is -2.62. The lowest BCUT2D eigenvalue weighted by Crippen LogP contribution is -2.43. The van der Waals surface area contributed by atoms with Crippen molar-refractivity contribution in [3.05, 3.63) is 39.4 Å². The van der Waals surface area contributed by atoms with Gasteiger partial charge in [-0.3, -0.25) is 14.9 Å². The van der Waals surface area contributed by atoms with E-state index >= 15 is 0 Å². The molecule has 0 unspecified atom stereocenters. The van der Waals surface area contributed by atoms with Gasteiger partial charge in [0.25, 0.3) is 5.91 Å². The quantitative estimate of drug-likeness (QED) is 0.519. The number of benzene rings is 1. The first kappa shape index (κ1) is 15.4. The lowest BCUT2D eigenvalue weighted by Gasteiger charge is -2.11. The second-order valence-corrected chi connectivity index (χ2v) is 3.59. The molecule has 1 amide bonds. The number of aliphatic hydroxyl groups excluding tert-OH is 1. The fourth-order valence-electron chi connectivity index (χ4n) is 1.27. The van der Waals surface area contributed by atoms with Crippen LogP contribution in [-0.2, 0) is 4.79 Å². The summed E-state index contributed by atoms with van der Waals surface area (Å²) in [7, 11) is 0. The monoisotopic (exact) mass is 290 g/mol. The number of halogens is 2. The lowest BCUT2D eigenvalue weighted by molar-refractivity contribution is -0.387. The Morgan fingerprint density at radius 2 is 1.95 bits per heavy atom. The number of carboxylic acids is 1. The molecule has 10 heteroatoms. The van der Waals surface area contributed by atoms with Crippen molar-refractivity contribution in [3.8, 4) is 0 Å². The highest BCUT2D eigenvalue weighted by atomic mass is 19.1. The van der Waals surface area contributed by atoms with Crippen LogP contribution < -0.4 is 5.32 Å². The smallest absolute Gasteiger partial charge is 0.328 e. The number of aliphatic carboxylic acids is 1. The molecule has 0 bridgehead atoms. The summed E-state index contributed by atoms with van der Waals surface area (Å²) >= 11 is 0. The van der Waals surface area contributed by atoms with Gasteiger partial charge in [-0.15, -0.1) is 0 Å². The molecule has 0 aliphatic rings. The highest BCUT2D eigenvalue weighted by Crippen LogP contribution is 2.21. The second kappa shape index (κ2) is 6.02. The number of amides is 1. The van der Waals surface area contributed by atoms with Crippen molar-refractivity contribution in [2.24, 2.45) is 0 Å². The molecule has 0 radical (unpaired) electrons. The Bertz CT molecular complexity index is 577. The fraction of sp³-hybridized carbons (Fsp3) is 0.200. The van der Waals surface area contributed by atoms with Gasteiger partial charge in [-0.05, 0) is 0 Å². The summed E-state index contributed by atoms with van der Waals surface area (Å²) in [4.78, 5) is 31.4. The van der Waals surface area contributed by atoms with E-state index in [1.807, 2.05) is 0 Å². The number of carbonyl (C=O) groups is 2. The van der Waals surface area contributed by atoms with Crippen LogP contribution in [0.15, 0.2) is 12.1 Å². The Labute approximate surface area is 109 Å². The highest BCUT2D eigenvalue weighted by molar-refractivity contribution is 5.97. The maximum Gasteiger partial charge on any atom is 0.328 e. The molecule has 8 nitrogen and oxygen atoms in total. The minimum Gasteiger partial charge on any atom is -0.480 e. The summed E-state index contributed by atoms with van der Waals surface area (Å²) in [6.07, 6.45) is 0. The Balaban J connectivity index is 3.13. The molecular weight excluding hydrogens is 282 g/mol. The van der Waals surface area contributed by atoms with E-state index in [1.165, 1.54) is 0 Å². The van der Waals surface area contributed by atoms with Gasteiger partial charge in [0.15, 0.2) is 6.04 Å². The Morgan fingerprint density at radius 3 is 2.40 bits per heavy atom. The predicted octanol–water partition coefficient (Wildman–Crippen LogP) is 0.0483. The number of hydrogen-bond acceptors (Lipinski definition) is 5. The van der Waals surface area contributed by atoms with Gasteiger partial charge in [-0.25, -0.2) is 9.18 Å². The maximum absolute atomic E-state index is 13.4. The van der Waals surface area contributed by atoms with Crippen LogP contribution in [0.3, 0.4) is 0 Å². The van der Waals surface area contributed by atoms with E-state index in [0.29, 0.717) is 6.07 Å². The molecule has 108 valence electrons. The van der Waals surface area contributed by atoms with Crippen molar-refractivity contribution in [1.82, 2.24) is 5.32 Å². The van der Waals surface area contributed by atoms with Gasteiger partial charge in [0.1, 0.15) is 5.82 Å². The largest absolute Gasteiger partial charge is 0.480 e. The third-order valence-corrected chi connectivity index (χ3v) is 2.26. The number of hydrogen-bond donors (Lipinski definition) is 3. The SMILES string of the molecule is O=C(N[C@@H](CO)C(=O)O)c1cc([N+](=O)[O-])c(F)cc1F. The zero-order chi connectivity index (χ0) is 15.4. The van der Waals surface area contributed by atoms with Crippen LogP contribution in [0.5, 0.6) is 0 Å². The summed E-state index contributed by atoms with van der Waals surface area (Å²) in [6, 6.07) is -1.23. The molecule has 1 aromatic rings. The van der Waals surface area contributed by atoms with E-state index in [1.54, 1.807) is 5.32 Å². The standard InChI is InChI=1S/C10H8F2N2O6/c11-5-2-6(12)8(14(19)20)1-4(5)9(16)13-7(3-15)10(17)18/h1-2,7,15H,3H2,(H,13,16)(H,17,18)/t7-/m0/s1. The zero-order valence-electron chi connectivity index (χ0n) is 9.67. The van der Waals surface area contributed by atoms with Gasteiger partial charge in [-0.1, -0.05) is 0 Å². The minimum absolute atomic E-state index is 0.141. The summed E-state index contributed by atoms with van der Waals surface area (Å²) in [5.74, 6) is -5.78. The van der Waals surface area contributed by atoms with Crippen LogP contribution in [0, 0.1) is 21.7 Å². The minimum atomic E-state index is -1.72. The average Bonchev–Trinajstić information content (AvgIpc) is 2.34. The molecule has 1 rings (SSSR count). The molecule has 0 aromatic heterocycles. The fourth-order valence-corrected chi connectivity index (χ4v) is 1.27. The lowest BCUT2D eigenvalue weighted by atomic mass is 10.1. The van der Waals surface area contributed by atoms with Crippen molar-refractivity contribution < 1.29 is 33.5 Å². The van der Waals surface area contributed by atoms with E-state index in [9.17, 15) is 28.5 Å². The molecule has 0 spiro atoms. The first-order valence-corrected chi connectivity index (χ1v) is 5.06. The van der Waals surface area contributed by atoms with Gasteiger partial charge in [-0.2, -0.15) is 4.39 Å². The summed E-state index contributed by atoms with van der Waals surface area (Å²) in [5.41, 5.74) is -2.04. The summed E-state index contributed by atoms with van der Waals surface area (Å²) in [5, 5.41) is 29.5. The van der Waals surface area contributed by atoms with Gasteiger partial charge < -0.3 is 15.5 Å².